The lowest BCUT2D eigenvalue weighted by Crippen LogP contribution is -2.35. The maximum atomic E-state index is 10.2. The van der Waals surface area contributed by atoms with Crippen LogP contribution in [0.3, 0.4) is 0 Å². The van der Waals surface area contributed by atoms with Gasteiger partial charge in [-0.2, -0.15) is 0 Å². The summed E-state index contributed by atoms with van der Waals surface area (Å²) in [4.78, 5) is 0. The first kappa shape index (κ1) is 15.6. The first-order valence-corrected chi connectivity index (χ1v) is 10.1. The second-order valence-electron chi connectivity index (χ2n) is 6.23. The molecule has 0 spiro atoms. The number of aromatic hydroxyl groups is 1. The molecule has 0 aliphatic carbocycles. The van der Waals surface area contributed by atoms with Crippen LogP contribution in [0.2, 0.25) is 13.1 Å². The molecule has 1 nitrogen and oxygen atoms in total. The number of hydrogen-bond acceptors (Lipinski definition) is 1. The second-order valence-corrected chi connectivity index (χ2v) is 9.49. The Kier molecular flexibility index (Phi) is 5.29. The van der Waals surface area contributed by atoms with Crippen LogP contribution in [0.15, 0.2) is 12.1 Å². The van der Waals surface area contributed by atoms with Crippen LogP contribution in [0.4, 0.5) is 0 Å². The summed E-state index contributed by atoms with van der Waals surface area (Å²) in [7, 11) is -0.981. The molecule has 0 aliphatic rings. The van der Waals surface area contributed by atoms with E-state index in [1.54, 1.807) is 0 Å². The minimum atomic E-state index is -0.981. The zero-order valence-electron chi connectivity index (χ0n) is 12.2. The van der Waals surface area contributed by atoms with E-state index in [-0.39, 0.29) is 5.41 Å². The Morgan fingerprint density at radius 1 is 1.22 bits per heavy atom. The zero-order chi connectivity index (χ0) is 13.9. The molecule has 1 N–H and O–H groups in total. The Hall–Kier alpha value is -0.473. The summed E-state index contributed by atoms with van der Waals surface area (Å²) in [5.41, 5.74) is 2.53. The van der Waals surface area contributed by atoms with Gasteiger partial charge in [-0.3, -0.25) is 0 Å². The molecular weight excluding hydrogens is 260 g/mol. The molecule has 1 aromatic carbocycles. The van der Waals surface area contributed by atoms with Crippen molar-refractivity contribution < 1.29 is 5.11 Å². The summed E-state index contributed by atoms with van der Waals surface area (Å²) >= 11 is 5.81. The molecule has 0 aromatic heterocycles. The van der Waals surface area contributed by atoms with E-state index in [0.717, 1.165) is 18.4 Å². The highest BCUT2D eigenvalue weighted by molar-refractivity contribution is 6.71. The van der Waals surface area contributed by atoms with E-state index in [2.05, 4.69) is 39.9 Å². The van der Waals surface area contributed by atoms with Gasteiger partial charge in [0.25, 0.3) is 0 Å². The Labute approximate surface area is 118 Å². The molecule has 0 saturated carbocycles. The fraction of sp³-hybridized carbons (Fsp3) is 0.600. The molecule has 0 heterocycles. The van der Waals surface area contributed by atoms with Gasteiger partial charge >= 0.3 is 0 Å². The monoisotopic (exact) mass is 284 g/mol. The largest absolute Gasteiger partial charge is 0.508 e. The lowest BCUT2D eigenvalue weighted by molar-refractivity contribution is 0.448. The van der Waals surface area contributed by atoms with Crippen molar-refractivity contribution >= 4 is 25.6 Å². The van der Waals surface area contributed by atoms with Gasteiger partial charge in [-0.05, 0) is 35.4 Å². The van der Waals surface area contributed by atoms with Crippen molar-refractivity contribution in [3.05, 3.63) is 23.3 Å². The Morgan fingerprint density at radius 2 is 1.83 bits per heavy atom. The maximum absolute atomic E-state index is 10.2. The number of hydrogen-bond donors (Lipinski definition) is 1. The van der Waals surface area contributed by atoms with E-state index < -0.39 is 8.80 Å². The summed E-state index contributed by atoms with van der Waals surface area (Å²) in [5, 5.41) is 11.7. The van der Waals surface area contributed by atoms with Crippen LogP contribution in [0.1, 0.15) is 38.3 Å². The SMILES string of the molecule is C[SiH](C)c1c(CCCCl)ccc(O)c1C(C)(C)C. The molecule has 0 unspecified atom stereocenters. The van der Waals surface area contributed by atoms with Gasteiger partial charge in [-0.1, -0.05) is 45.1 Å². The number of halogens is 1. The number of alkyl halides is 1. The van der Waals surface area contributed by atoms with Crippen LogP contribution < -0.4 is 5.19 Å². The van der Waals surface area contributed by atoms with Gasteiger partial charge in [0.15, 0.2) is 0 Å². The van der Waals surface area contributed by atoms with Gasteiger partial charge < -0.3 is 5.11 Å². The molecule has 0 fully saturated rings. The fourth-order valence-corrected chi connectivity index (χ4v) is 4.85. The molecule has 102 valence electrons. The van der Waals surface area contributed by atoms with Crippen LogP contribution in [0, 0.1) is 0 Å². The van der Waals surface area contributed by atoms with E-state index in [1.807, 2.05) is 6.07 Å². The minimum absolute atomic E-state index is 0.00629. The lowest BCUT2D eigenvalue weighted by atomic mass is 9.84. The van der Waals surface area contributed by atoms with Crippen molar-refractivity contribution in [1.29, 1.82) is 0 Å². The smallest absolute Gasteiger partial charge is 0.119 e. The fourth-order valence-electron chi connectivity index (χ4n) is 2.57. The summed E-state index contributed by atoms with van der Waals surface area (Å²) in [6, 6.07) is 3.93. The molecule has 0 bridgehead atoms. The predicted octanol–water partition coefficient (Wildman–Crippen LogP) is 3.55. The Balaban J connectivity index is 3.38. The van der Waals surface area contributed by atoms with E-state index in [0.29, 0.717) is 11.6 Å². The third-order valence-corrected chi connectivity index (χ3v) is 5.30. The number of phenols is 1. The molecule has 0 radical (unpaired) electrons. The molecule has 18 heavy (non-hydrogen) atoms. The number of aryl methyl sites for hydroxylation is 1. The number of rotatable bonds is 4. The van der Waals surface area contributed by atoms with Crippen LogP contribution in [0.5, 0.6) is 5.75 Å². The maximum Gasteiger partial charge on any atom is 0.119 e. The molecule has 0 atom stereocenters. The molecule has 3 heteroatoms. The highest BCUT2D eigenvalue weighted by Gasteiger charge is 2.25. The first-order chi connectivity index (χ1) is 8.29. The van der Waals surface area contributed by atoms with Gasteiger partial charge in [0, 0.05) is 5.88 Å². The van der Waals surface area contributed by atoms with Crippen molar-refractivity contribution in [1.82, 2.24) is 0 Å². The molecule has 1 aromatic rings. The van der Waals surface area contributed by atoms with E-state index >= 15 is 0 Å². The normalized spacial score (nSPS) is 12.2. The predicted molar refractivity (Wildman–Crippen MR) is 84.4 cm³/mol. The molecule has 1 rings (SSSR count). The third-order valence-electron chi connectivity index (χ3n) is 3.22. The molecule has 0 amide bonds. The summed E-state index contributed by atoms with van der Waals surface area (Å²) in [6.07, 6.45) is 2.03. The standard InChI is InChI=1S/C15H25ClOSi/c1-15(2,3)13-12(17)9-8-11(7-6-10-16)14(13)18(4)5/h8-9,17-18H,6-7,10H2,1-5H3. The second kappa shape index (κ2) is 6.11. The van der Waals surface area contributed by atoms with E-state index in [4.69, 9.17) is 11.6 Å². The lowest BCUT2D eigenvalue weighted by Gasteiger charge is -2.28. The van der Waals surface area contributed by atoms with Crippen molar-refractivity contribution in [2.24, 2.45) is 0 Å². The van der Waals surface area contributed by atoms with Crippen LogP contribution in [0.25, 0.3) is 0 Å². The quantitative estimate of drug-likeness (QED) is 0.662. The van der Waals surface area contributed by atoms with Gasteiger partial charge in [0.1, 0.15) is 5.75 Å². The summed E-state index contributed by atoms with van der Waals surface area (Å²) < 4.78 is 0. The van der Waals surface area contributed by atoms with E-state index in [9.17, 15) is 5.11 Å². The average Bonchev–Trinajstić information content (AvgIpc) is 2.25. The van der Waals surface area contributed by atoms with Crippen molar-refractivity contribution in [3.8, 4) is 5.75 Å². The van der Waals surface area contributed by atoms with E-state index in [1.165, 1.54) is 10.8 Å². The van der Waals surface area contributed by atoms with Crippen molar-refractivity contribution in [2.45, 2.75) is 52.1 Å². The average molecular weight is 285 g/mol. The molecular formula is C15H25ClOSi. The number of phenolic OH excluding ortho intramolecular Hbond substituents is 1. The summed E-state index contributed by atoms with van der Waals surface area (Å²) in [6.45, 7) is 11.2. The van der Waals surface area contributed by atoms with Crippen molar-refractivity contribution in [3.63, 3.8) is 0 Å². The summed E-state index contributed by atoms with van der Waals surface area (Å²) in [5.74, 6) is 1.15. The minimum Gasteiger partial charge on any atom is -0.508 e. The Bertz CT molecular complexity index is 408. The Morgan fingerprint density at radius 3 is 2.28 bits per heavy atom. The highest BCUT2D eigenvalue weighted by Crippen LogP contribution is 2.30. The molecule has 0 aliphatic heterocycles. The van der Waals surface area contributed by atoms with Gasteiger partial charge in [0.2, 0.25) is 0 Å². The van der Waals surface area contributed by atoms with Gasteiger partial charge in [-0.25, -0.2) is 0 Å². The highest BCUT2D eigenvalue weighted by atomic mass is 35.5. The number of benzene rings is 1. The zero-order valence-corrected chi connectivity index (χ0v) is 14.1. The van der Waals surface area contributed by atoms with Crippen LogP contribution in [-0.4, -0.2) is 19.8 Å². The van der Waals surface area contributed by atoms with Crippen LogP contribution >= 0.6 is 11.6 Å². The topological polar surface area (TPSA) is 20.2 Å². The molecule has 0 saturated heterocycles. The van der Waals surface area contributed by atoms with Crippen LogP contribution in [-0.2, 0) is 11.8 Å². The first-order valence-electron chi connectivity index (χ1n) is 6.70. The third kappa shape index (κ3) is 3.52. The van der Waals surface area contributed by atoms with Gasteiger partial charge in [0.05, 0.1) is 8.80 Å². The van der Waals surface area contributed by atoms with Crippen molar-refractivity contribution in [2.75, 3.05) is 5.88 Å². The van der Waals surface area contributed by atoms with Gasteiger partial charge in [-0.15, -0.1) is 11.6 Å².